The number of hydrogen-bond donors (Lipinski definition) is 2. The molecule has 1 unspecified atom stereocenters. The van der Waals surface area contributed by atoms with E-state index in [0.29, 0.717) is 13.0 Å². The van der Waals surface area contributed by atoms with Crippen LogP contribution in [-0.2, 0) is 4.79 Å². The van der Waals surface area contributed by atoms with Gasteiger partial charge in [0, 0.05) is 19.0 Å². The summed E-state index contributed by atoms with van der Waals surface area (Å²) in [5.41, 5.74) is 7.92. The van der Waals surface area contributed by atoms with Gasteiger partial charge in [0.2, 0.25) is 5.91 Å². The Morgan fingerprint density at radius 2 is 2.33 bits per heavy atom. The van der Waals surface area contributed by atoms with Gasteiger partial charge in [-0.25, -0.2) is 4.98 Å². The lowest BCUT2D eigenvalue weighted by Crippen LogP contribution is -2.47. The molecular weight excluding hydrogens is 264 g/mol. The van der Waals surface area contributed by atoms with Gasteiger partial charge < -0.3 is 15.6 Å². The van der Waals surface area contributed by atoms with Gasteiger partial charge in [-0.05, 0) is 31.4 Å². The Morgan fingerprint density at radius 1 is 1.52 bits per heavy atom. The van der Waals surface area contributed by atoms with E-state index in [-0.39, 0.29) is 17.9 Å². The predicted octanol–water partition coefficient (Wildman–Crippen LogP) is 2.01. The number of para-hydroxylation sites is 2. The number of aromatic nitrogens is 2. The first kappa shape index (κ1) is 14.1. The lowest BCUT2D eigenvalue weighted by molar-refractivity contribution is -0.133. The van der Waals surface area contributed by atoms with Crippen molar-refractivity contribution in [3.63, 3.8) is 0 Å². The maximum absolute atomic E-state index is 12.2. The number of likely N-dealkylation sites (tertiary alicyclic amines) is 1. The van der Waals surface area contributed by atoms with Crippen LogP contribution in [0.2, 0.25) is 0 Å². The Balaban J connectivity index is 1.78. The number of rotatable bonds is 3. The molecule has 0 saturated carbocycles. The molecule has 1 amide bonds. The van der Waals surface area contributed by atoms with Crippen molar-refractivity contribution in [1.29, 1.82) is 0 Å². The first-order chi connectivity index (χ1) is 10.2. The summed E-state index contributed by atoms with van der Waals surface area (Å²) in [4.78, 5) is 22.2. The van der Waals surface area contributed by atoms with Crippen LogP contribution in [0.5, 0.6) is 0 Å². The second-order valence-corrected chi connectivity index (χ2v) is 5.78. The van der Waals surface area contributed by atoms with Crippen molar-refractivity contribution in [3.05, 3.63) is 30.1 Å². The zero-order chi connectivity index (χ0) is 14.8. The smallest absolute Gasteiger partial charge is 0.239 e. The maximum atomic E-state index is 12.2. The summed E-state index contributed by atoms with van der Waals surface area (Å²) in [5, 5.41) is 0. The third-order valence-electron chi connectivity index (χ3n) is 4.28. The molecule has 1 aliphatic rings. The number of nitrogens with zero attached hydrogens (tertiary/aromatic N) is 2. The monoisotopic (exact) mass is 286 g/mol. The highest BCUT2D eigenvalue weighted by Crippen LogP contribution is 2.27. The van der Waals surface area contributed by atoms with Crippen molar-refractivity contribution in [2.45, 2.75) is 38.1 Å². The summed E-state index contributed by atoms with van der Waals surface area (Å²) in [6.07, 6.45) is 2.75. The molecule has 5 heteroatoms. The number of nitrogens with one attached hydrogen (secondary N) is 1. The average Bonchev–Trinajstić information content (AvgIpc) is 2.97. The Bertz CT molecular complexity index is 603. The topological polar surface area (TPSA) is 75.0 Å². The van der Waals surface area contributed by atoms with Gasteiger partial charge in [0.25, 0.3) is 0 Å². The van der Waals surface area contributed by atoms with E-state index in [1.807, 2.05) is 36.1 Å². The molecule has 112 valence electrons. The van der Waals surface area contributed by atoms with Gasteiger partial charge in [0.1, 0.15) is 5.82 Å². The molecule has 0 aliphatic carbocycles. The predicted molar refractivity (Wildman–Crippen MR) is 82.9 cm³/mol. The number of carbonyl (C=O) groups is 1. The zero-order valence-corrected chi connectivity index (χ0v) is 12.4. The number of amides is 1. The summed E-state index contributed by atoms with van der Waals surface area (Å²) < 4.78 is 0. The number of H-pyrrole nitrogens is 1. The molecule has 3 N–H and O–H groups in total. The minimum absolute atomic E-state index is 0.0679. The molecule has 5 nitrogen and oxygen atoms in total. The molecule has 0 bridgehead atoms. The van der Waals surface area contributed by atoms with Gasteiger partial charge in [-0.3, -0.25) is 4.79 Å². The van der Waals surface area contributed by atoms with Crippen molar-refractivity contribution in [2.75, 3.05) is 13.1 Å². The Hall–Kier alpha value is -1.88. The number of benzene rings is 1. The normalized spacial score (nSPS) is 20.7. The number of carbonyl (C=O) groups excluding carboxylic acids is 1. The number of nitrogens with two attached hydrogens (primary N) is 1. The molecule has 1 saturated heterocycles. The largest absolute Gasteiger partial charge is 0.342 e. The molecule has 1 aromatic carbocycles. The van der Waals surface area contributed by atoms with Crippen LogP contribution in [0.25, 0.3) is 11.0 Å². The van der Waals surface area contributed by atoms with Gasteiger partial charge in [-0.1, -0.05) is 19.1 Å². The summed E-state index contributed by atoms with van der Waals surface area (Å²) >= 11 is 0. The highest BCUT2D eigenvalue weighted by atomic mass is 16.2. The van der Waals surface area contributed by atoms with Crippen molar-refractivity contribution in [1.82, 2.24) is 14.9 Å². The molecule has 2 aromatic rings. The molecule has 21 heavy (non-hydrogen) atoms. The maximum Gasteiger partial charge on any atom is 0.239 e. The van der Waals surface area contributed by atoms with E-state index < -0.39 is 0 Å². The quantitative estimate of drug-likeness (QED) is 0.906. The lowest BCUT2D eigenvalue weighted by atomic mass is 9.96. The fourth-order valence-corrected chi connectivity index (χ4v) is 2.98. The second kappa shape index (κ2) is 5.85. The van der Waals surface area contributed by atoms with Crippen LogP contribution < -0.4 is 5.73 Å². The van der Waals surface area contributed by atoms with Gasteiger partial charge in [0.05, 0.1) is 17.1 Å². The molecule has 1 fully saturated rings. The third kappa shape index (κ3) is 2.78. The first-order valence-electron chi connectivity index (χ1n) is 7.68. The van der Waals surface area contributed by atoms with E-state index in [0.717, 1.165) is 36.2 Å². The van der Waals surface area contributed by atoms with Crippen molar-refractivity contribution in [2.24, 2.45) is 5.73 Å². The van der Waals surface area contributed by atoms with E-state index in [1.165, 1.54) is 0 Å². The number of imidazole rings is 1. The van der Waals surface area contributed by atoms with E-state index in [1.54, 1.807) is 0 Å². The molecule has 3 rings (SSSR count). The molecule has 0 spiro atoms. The summed E-state index contributed by atoms with van der Waals surface area (Å²) in [6.45, 7) is 3.47. The number of fused-ring (bicyclic) bond motifs is 1. The van der Waals surface area contributed by atoms with Crippen molar-refractivity contribution < 1.29 is 4.79 Å². The molecule has 1 aliphatic heterocycles. The minimum Gasteiger partial charge on any atom is -0.342 e. The first-order valence-corrected chi connectivity index (χ1v) is 7.68. The van der Waals surface area contributed by atoms with E-state index in [4.69, 9.17) is 5.73 Å². The molecule has 2 heterocycles. The van der Waals surface area contributed by atoms with E-state index in [2.05, 4.69) is 9.97 Å². The van der Waals surface area contributed by atoms with Crippen molar-refractivity contribution >= 4 is 16.9 Å². The average molecular weight is 286 g/mol. The van der Waals surface area contributed by atoms with Crippen LogP contribution in [0.15, 0.2) is 24.3 Å². The van der Waals surface area contributed by atoms with Crippen LogP contribution in [0.3, 0.4) is 0 Å². The SMILES string of the molecule is CC[C@@H](N)C(=O)N1CCCC(c2nc3ccccc3[nH]2)C1. The van der Waals surface area contributed by atoms with Crippen LogP contribution in [0.1, 0.15) is 37.9 Å². The fourth-order valence-electron chi connectivity index (χ4n) is 2.98. The highest BCUT2D eigenvalue weighted by molar-refractivity contribution is 5.81. The standard InChI is InChI=1S/C16H22N4O/c1-2-12(17)16(21)20-9-5-6-11(10-20)15-18-13-7-3-4-8-14(13)19-15/h3-4,7-8,11-12H,2,5-6,9-10,17H2,1H3,(H,18,19)/t11?,12-/m1/s1. The van der Waals surface area contributed by atoms with Crippen LogP contribution in [0.4, 0.5) is 0 Å². The number of hydrogen-bond acceptors (Lipinski definition) is 3. The minimum atomic E-state index is -0.376. The van der Waals surface area contributed by atoms with E-state index >= 15 is 0 Å². The Labute approximate surface area is 124 Å². The number of aromatic amines is 1. The highest BCUT2D eigenvalue weighted by Gasteiger charge is 2.28. The Morgan fingerprint density at radius 3 is 3.10 bits per heavy atom. The van der Waals surface area contributed by atoms with Gasteiger partial charge in [-0.2, -0.15) is 0 Å². The van der Waals surface area contributed by atoms with E-state index in [9.17, 15) is 4.79 Å². The summed E-state index contributed by atoms with van der Waals surface area (Å²) in [5.74, 6) is 1.33. The molecule has 1 aromatic heterocycles. The molecule has 0 radical (unpaired) electrons. The van der Waals surface area contributed by atoms with Gasteiger partial charge in [-0.15, -0.1) is 0 Å². The molecular formula is C16H22N4O. The number of piperidine rings is 1. The van der Waals surface area contributed by atoms with Gasteiger partial charge >= 0.3 is 0 Å². The van der Waals surface area contributed by atoms with Crippen LogP contribution in [0, 0.1) is 0 Å². The van der Waals surface area contributed by atoms with Crippen LogP contribution in [-0.4, -0.2) is 39.9 Å². The molecule has 2 atom stereocenters. The summed E-state index contributed by atoms with van der Waals surface area (Å²) in [6, 6.07) is 7.66. The summed E-state index contributed by atoms with van der Waals surface area (Å²) in [7, 11) is 0. The third-order valence-corrected chi connectivity index (χ3v) is 4.28. The zero-order valence-electron chi connectivity index (χ0n) is 12.4. The fraction of sp³-hybridized carbons (Fsp3) is 0.500. The Kier molecular flexibility index (Phi) is 3.92. The lowest BCUT2D eigenvalue weighted by Gasteiger charge is -2.33. The second-order valence-electron chi connectivity index (χ2n) is 5.78. The van der Waals surface area contributed by atoms with Gasteiger partial charge in [0.15, 0.2) is 0 Å². The van der Waals surface area contributed by atoms with Crippen molar-refractivity contribution in [3.8, 4) is 0 Å². The van der Waals surface area contributed by atoms with Crippen LogP contribution >= 0.6 is 0 Å².